The van der Waals surface area contributed by atoms with Crippen molar-refractivity contribution in [3.63, 3.8) is 0 Å². The minimum atomic E-state index is 0.248. The second kappa shape index (κ2) is 4.63. The molecule has 0 radical (unpaired) electrons. The Labute approximate surface area is 98.5 Å². The average molecular weight is 224 g/mol. The average Bonchev–Trinajstić information content (AvgIpc) is 2.29. The van der Waals surface area contributed by atoms with Crippen molar-refractivity contribution in [3.8, 4) is 0 Å². The van der Waals surface area contributed by atoms with Gasteiger partial charge in [0.05, 0.1) is 12.2 Å². The summed E-state index contributed by atoms with van der Waals surface area (Å²) >= 11 is 0. The smallest absolute Gasteiger partial charge is 0.0930 e. The molecule has 16 heavy (non-hydrogen) atoms. The predicted octanol–water partition coefficient (Wildman–Crippen LogP) is 1.24. The highest BCUT2D eigenvalue weighted by Crippen LogP contribution is 2.31. The Balaban J connectivity index is 1.43. The molecule has 92 valence electrons. The number of rotatable bonds is 2. The van der Waals surface area contributed by atoms with Gasteiger partial charge in [-0.2, -0.15) is 0 Å². The highest BCUT2D eigenvalue weighted by molar-refractivity contribution is 4.97. The number of nitrogens with one attached hydrogen (secondary N) is 1. The lowest BCUT2D eigenvalue weighted by molar-refractivity contribution is -0.131. The van der Waals surface area contributed by atoms with Gasteiger partial charge in [0.15, 0.2) is 0 Å². The molecule has 1 atom stereocenters. The number of ether oxygens (including phenoxy) is 1. The van der Waals surface area contributed by atoms with Gasteiger partial charge in [-0.3, -0.25) is 0 Å². The van der Waals surface area contributed by atoms with Crippen molar-refractivity contribution in [2.75, 3.05) is 39.3 Å². The highest BCUT2D eigenvalue weighted by atomic mass is 16.5. The molecular weight excluding hydrogens is 200 g/mol. The Bertz CT molecular complexity index is 224. The first-order chi connectivity index (χ1) is 7.86. The molecule has 3 heterocycles. The molecule has 3 fully saturated rings. The van der Waals surface area contributed by atoms with Gasteiger partial charge in [0.1, 0.15) is 0 Å². The lowest BCUT2D eigenvalue weighted by atomic mass is 9.84. The van der Waals surface area contributed by atoms with Gasteiger partial charge in [-0.05, 0) is 44.7 Å². The molecule has 3 heteroatoms. The van der Waals surface area contributed by atoms with Gasteiger partial charge in [0, 0.05) is 19.6 Å². The summed E-state index contributed by atoms with van der Waals surface area (Å²) in [6, 6.07) is 0. The number of likely N-dealkylation sites (tertiary alicyclic amines) is 1. The van der Waals surface area contributed by atoms with Crippen LogP contribution in [0.2, 0.25) is 0 Å². The molecular formula is C13H24N2O. The molecule has 3 rings (SSSR count). The molecule has 0 aromatic carbocycles. The van der Waals surface area contributed by atoms with E-state index in [0.717, 1.165) is 25.6 Å². The van der Waals surface area contributed by atoms with E-state index >= 15 is 0 Å². The Hall–Kier alpha value is -0.120. The molecule has 0 bridgehead atoms. The van der Waals surface area contributed by atoms with Gasteiger partial charge in [0.2, 0.25) is 0 Å². The third kappa shape index (κ3) is 2.27. The van der Waals surface area contributed by atoms with Crippen LogP contribution < -0.4 is 5.32 Å². The molecule has 0 aromatic rings. The first-order valence-corrected chi connectivity index (χ1v) is 6.93. The fourth-order valence-electron chi connectivity index (χ4n) is 3.25. The van der Waals surface area contributed by atoms with Crippen LogP contribution in [0.1, 0.15) is 32.1 Å². The topological polar surface area (TPSA) is 24.5 Å². The maximum Gasteiger partial charge on any atom is 0.0930 e. The van der Waals surface area contributed by atoms with Crippen LogP contribution in [-0.4, -0.2) is 49.8 Å². The van der Waals surface area contributed by atoms with Crippen LogP contribution in [0.15, 0.2) is 0 Å². The largest absolute Gasteiger partial charge is 0.372 e. The monoisotopic (exact) mass is 224 g/mol. The second-order valence-electron chi connectivity index (χ2n) is 5.86. The van der Waals surface area contributed by atoms with Gasteiger partial charge in [0.25, 0.3) is 0 Å². The van der Waals surface area contributed by atoms with Crippen LogP contribution in [0.4, 0.5) is 0 Å². The van der Waals surface area contributed by atoms with E-state index in [2.05, 4.69) is 10.2 Å². The van der Waals surface area contributed by atoms with E-state index < -0.39 is 0 Å². The molecule has 1 spiro atoms. The Morgan fingerprint density at radius 3 is 2.56 bits per heavy atom. The summed E-state index contributed by atoms with van der Waals surface area (Å²) in [6.45, 7) is 7.10. The minimum absolute atomic E-state index is 0.248. The molecule has 1 N–H and O–H groups in total. The first-order valence-electron chi connectivity index (χ1n) is 6.93. The third-order valence-electron chi connectivity index (χ3n) is 4.49. The summed E-state index contributed by atoms with van der Waals surface area (Å²) < 4.78 is 6.07. The van der Waals surface area contributed by atoms with Crippen LogP contribution in [0.5, 0.6) is 0 Å². The lowest BCUT2D eigenvalue weighted by Crippen LogP contribution is -2.63. The van der Waals surface area contributed by atoms with E-state index in [1.54, 1.807) is 0 Å². The maximum absolute atomic E-state index is 6.07. The molecule has 0 amide bonds. The van der Waals surface area contributed by atoms with Gasteiger partial charge < -0.3 is 15.0 Å². The number of piperidine rings is 1. The predicted molar refractivity (Wildman–Crippen MR) is 64.6 cm³/mol. The molecule has 0 aromatic heterocycles. The molecule has 3 aliphatic rings. The Kier molecular flexibility index (Phi) is 3.18. The minimum Gasteiger partial charge on any atom is -0.372 e. The molecule has 3 aliphatic heterocycles. The molecule has 0 aliphatic carbocycles. The number of hydrogen-bond donors (Lipinski definition) is 1. The van der Waals surface area contributed by atoms with E-state index in [4.69, 9.17) is 4.74 Å². The van der Waals surface area contributed by atoms with Gasteiger partial charge >= 0.3 is 0 Å². The van der Waals surface area contributed by atoms with Crippen LogP contribution in [0.3, 0.4) is 0 Å². The first kappa shape index (κ1) is 11.0. The number of nitrogens with zero attached hydrogens (tertiary/aromatic N) is 1. The SMILES string of the molecule is C1CCN(CC2CCC3(CNC3)OC2)CC1. The second-order valence-corrected chi connectivity index (χ2v) is 5.86. The van der Waals surface area contributed by atoms with Crippen LogP contribution in [0, 0.1) is 5.92 Å². The zero-order valence-corrected chi connectivity index (χ0v) is 10.2. The van der Waals surface area contributed by atoms with Crippen LogP contribution >= 0.6 is 0 Å². The van der Waals surface area contributed by atoms with Crippen molar-refractivity contribution in [3.05, 3.63) is 0 Å². The third-order valence-corrected chi connectivity index (χ3v) is 4.49. The van der Waals surface area contributed by atoms with E-state index in [1.807, 2.05) is 0 Å². The summed E-state index contributed by atoms with van der Waals surface area (Å²) in [5.41, 5.74) is 0.248. The fourth-order valence-corrected chi connectivity index (χ4v) is 3.25. The normalized spacial score (nSPS) is 34.9. The van der Waals surface area contributed by atoms with Gasteiger partial charge in [-0.15, -0.1) is 0 Å². The summed E-state index contributed by atoms with van der Waals surface area (Å²) in [4.78, 5) is 2.65. The maximum atomic E-state index is 6.07. The summed E-state index contributed by atoms with van der Waals surface area (Å²) in [5.74, 6) is 0.796. The standard InChI is InChI=1S/C13H24N2O/c1-2-6-15(7-3-1)8-12-4-5-13(16-9-12)10-14-11-13/h12,14H,1-11H2. The molecule has 3 saturated heterocycles. The van der Waals surface area contributed by atoms with Crippen LogP contribution in [-0.2, 0) is 4.74 Å². The zero-order valence-electron chi connectivity index (χ0n) is 10.2. The molecule has 1 unspecified atom stereocenters. The quantitative estimate of drug-likeness (QED) is 0.764. The highest BCUT2D eigenvalue weighted by Gasteiger charge is 2.41. The van der Waals surface area contributed by atoms with Crippen molar-refractivity contribution in [2.45, 2.75) is 37.7 Å². The van der Waals surface area contributed by atoms with E-state index in [-0.39, 0.29) is 5.60 Å². The molecule has 0 saturated carbocycles. The Morgan fingerprint density at radius 2 is 2.00 bits per heavy atom. The van der Waals surface area contributed by atoms with Crippen molar-refractivity contribution in [1.82, 2.24) is 10.2 Å². The van der Waals surface area contributed by atoms with Crippen molar-refractivity contribution < 1.29 is 4.74 Å². The fraction of sp³-hybridized carbons (Fsp3) is 1.00. The van der Waals surface area contributed by atoms with E-state index in [1.165, 1.54) is 51.7 Å². The van der Waals surface area contributed by atoms with Gasteiger partial charge in [-0.1, -0.05) is 6.42 Å². The summed E-state index contributed by atoms with van der Waals surface area (Å²) in [6.07, 6.45) is 6.89. The lowest BCUT2D eigenvalue weighted by Gasteiger charge is -2.47. The van der Waals surface area contributed by atoms with Crippen molar-refractivity contribution >= 4 is 0 Å². The van der Waals surface area contributed by atoms with Crippen molar-refractivity contribution in [2.24, 2.45) is 5.92 Å². The zero-order chi connectivity index (χ0) is 10.8. The number of hydrogen-bond acceptors (Lipinski definition) is 3. The molecule has 3 nitrogen and oxygen atoms in total. The van der Waals surface area contributed by atoms with E-state index in [0.29, 0.717) is 0 Å². The summed E-state index contributed by atoms with van der Waals surface area (Å²) in [7, 11) is 0. The van der Waals surface area contributed by atoms with Crippen LogP contribution in [0.25, 0.3) is 0 Å². The Morgan fingerprint density at radius 1 is 1.19 bits per heavy atom. The summed E-state index contributed by atoms with van der Waals surface area (Å²) in [5, 5.41) is 3.33. The van der Waals surface area contributed by atoms with Crippen molar-refractivity contribution in [1.29, 1.82) is 0 Å². The van der Waals surface area contributed by atoms with Gasteiger partial charge in [-0.25, -0.2) is 0 Å². The van der Waals surface area contributed by atoms with E-state index in [9.17, 15) is 0 Å².